The second-order valence-corrected chi connectivity index (χ2v) is 5.84. The molecule has 1 aliphatic heterocycles. The summed E-state index contributed by atoms with van der Waals surface area (Å²) in [6.45, 7) is 1.68. The minimum absolute atomic E-state index is 0.197. The van der Waals surface area contributed by atoms with Crippen LogP contribution in [0.5, 0.6) is 0 Å². The van der Waals surface area contributed by atoms with Crippen molar-refractivity contribution in [1.29, 1.82) is 0 Å². The van der Waals surface area contributed by atoms with Crippen LogP contribution in [-0.4, -0.2) is 25.2 Å². The molecule has 1 aliphatic rings. The Balaban J connectivity index is 1.85. The molecule has 2 aromatic carbocycles. The van der Waals surface area contributed by atoms with Crippen molar-refractivity contribution in [1.82, 2.24) is 5.32 Å². The normalized spacial score (nSPS) is 22.5. The lowest BCUT2D eigenvalue weighted by Gasteiger charge is -2.33. The van der Waals surface area contributed by atoms with E-state index in [9.17, 15) is 9.59 Å². The van der Waals surface area contributed by atoms with E-state index >= 15 is 0 Å². The van der Waals surface area contributed by atoms with Crippen LogP contribution in [0, 0.1) is 0 Å². The minimum Gasteiger partial charge on any atom is -0.416 e. The van der Waals surface area contributed by atoms with Crippen LogP contribution < -0.4 is 5.32 Å². The zero-order valence-electron chi connectivity index (χ0n) is 14.1. The SMILES string of the molecule is CNC(=O)OC1C=CC(=O)C(C)(c2ccc(-c3ccccc3)cc2)O1. The first-order valence-corrected chi connectivity index (χ1v) is 7.98. The van der Waals surface area contributed by atoms with Crippen molar-refractivity contribution in [2.45, 2.75) is 18.8 Å². The second kappa shape index (κ2) is 6.91. The van der Waals surface area contributed by atoms with Gasteiger partial charge in [-0.25, -0.2) is 4.79 Å². The van der Waals surface area contributed by atoms with Crippen LogP contribution in [-0.2, 0) is 19.9 Å². The Bertz CT molecular complexity index is 798. The lowest BCUT2D eigenvalue weighted by atomic mass is 9.88. The number of nitrogens with one attached hydrogen (secondary N) is 1. The summed E-state index contributed by atoms with van der Waals surface area (Å²) in [6.07, 6.45) is 1.28. The smallest absolute Gasteiger partial charge is 0.409 e. The van der Waals surface area contributed by atoms with Crippen LogP contribution in [0.15, 0.2) is 66.7 Å². The molecule has 2 atom stereocenters. The Morgan fingerprint density at radius 1 is 1.08 bits per heavy atom. The number of ether oxygens (including phenoxy) is 2. The number of carbonyl (C=O) groups excluding carboxylic acids is 2. The summed E-state index contributed by atoms with van der Waals surface area (Å²) in [4.78, 5) is 23.8. The standard InChI is InChI=1S/C20H19NO4/c1-20(17(22)12-13-18(25-20)24-19(23)21-2)16-10-8-15(9-11-16)14-6-4-3-5-7-14/h3-13,18H,1-2H3,(H,21,23). The minimum atomic E-state index is -1.21. The number of ketones is 1. The van der Waals surface area contributed by atoms with Gasteiger partial charge in [0.2, 0.25) is 6.29 Å². The fourth-order valence-corrected chi connectivity index (χ4v) is 2.70. The molecule has 0 aromatic heterocycles. The van der Waals surface area contributed by atoms with Gasteiger partial charge in [0.25, 0.3) is 0 Å². The van der Waals surface area contributed by atoms with Crippen molar-refractivity contribution >= 4 is 11.9 Å². The maximum atomic E-state index is 12.4. The van der Waals surface area contributed by atoms with E-state index in [1.54, 1.807) is 6.92 Å². The highest BCUT2D eigenvalue weighted by atomic mass is 16.7. The third-order valence-electron chi connectivity index (χ3n) is 4.20. The second-order valence-electron chi connectivity index (χ2n) is 5.84. The Labute approximate surface area is 146 Å². The zero-order valence-corrected chi connectivity index (χ0v) is 14.1. The molecule has 128 valence electrons. The van der Waals surface area contributed by atoms with Crippen LogP contribution in [0.1, 0.15) is 12.5 Å². The molecule has 0 spiro atoms. The number of amides is 1. The van der Waals surface area contributed by atoms with Gasteiger partial charge in [-0.2, -0.15) is 0 Å². The number of rotatable bonds is 3. The van der Waals surface area contributed by atoms with Crippen molar-refractivity contribution in [3.8, 4) is 11.1 Å². The molecule has 0 bridgehead atoms. The van der Waals surface area contributed by atoms with Crippen LogP contribution in [0.3, 0.4) is 0 Å². The topological polar surface area (TPSA) is 64.6 Å². The molecule has 0 aliphatic carbocycles. The number of alkyl carbamates (subject to hydrolysis) is 1. The molecule has 5 heteroatoms. The van der Waals surface area contributed by atoms with Gasteiger partial charge in [0, 0.05) is 7.05 Å². The first-order valence-electron chi connectivity index (χ1n) is 7.98. The van der Waals surface area contributed by atoms with Gasteiger partial charge in [0.05, 0.1) is 0 Å². The molecule has 3 rings (SSSR count). The van der Waals surface area contributed by atoms with Crippen molar-refractivity contribution < 1.29 is 19.1 Å². The molecule has 2 aromatic rings. The average molecular weight is 337 g/mol. The molecule has 25 heavy (non-hydrogen) atoms. The molecule has 0 saturated carbocycles. The summed E-state index contributed by atoms with van der Waals surface area (Å²) in [5, 5.41) is 2.36. The lowest BCUT2D eigenvalue weighted by Crippen LogP contribution is -2.43. The van der Waals surface area contributed by atoms with Crippen molar-refractivity contribution in [3.63, 3.8) is 0 Å². The van der Waals surface area contributed by atoms with E-state index in [1.165, 1.54) is 19.2 Å². The fourth-order valence-electron chi connectivity index (χ4n) is 2.70. The van der Waals surface area contributed by atoms with Crippen molar-refractivity contribution in [2.24, 2.45) is 0 Å². The van der Waals surface area contributed by atoms with E-state index < -0.39 is 18.0 Å². The molecule has 5 nitrogen and oxygen atoms in total. The van der Waals surface area contributed by atoms with Crippen LogP contribution in [0.25, 0.3) is 11.1 Å². The molecular formula is C20H19NO4. The summed E-state index contributed by atoms with van der Waals surface area (Å²) >= 11 is 0. The number of hydrogen-bond donors (Lipinski definition) is 1. The molecule has 2 unspecified atom stereocenters. The molecule has 1 heterocycles. The maximum absolute atomic E-state index is 12.4. The van der Waals surface area contributed by atoms with Gasteiger partial charge in [-0.1, -0.05) is 54.6 Å². The Kier molecular flexibility index (Phi) is 4.67. The van der Waals surface area contributed by atoms with E-state index in [2.05, 4.69) is 5.32 Å². The van der Waals surface area contributed by atoms with E-state index in [0.29, 0.717) is 5.56 Å². The van der Waals surface area contributed by atoms with Gasteiger partial charge in [-0.05, 0) is 35.8 Å². The Hall–Kier alpha value is -2.92. The van der Waals surface area contributed by atoms with Crippen LogP contribution in [0.4, 0.5) is 4.79 Å². The summed E-state index contributed by atoms with van der Waals surface area (Å²) in [5.41, 5.74) is 1.63. The summed E-state index contributed by atoms with van der Waals surface area (Å²) in [6, 6.07) is 17.6. The zero-order chi connectivity index (χ0) is 17.9. The molecule has 1 amide bonds. The molecule has 0 fully saturated rings. The van der Waals surface area contributed by atoms with Crippen molar-refractivity contribution in [3.05, 3.63) is 72.3 Å². The third kappa shape index (κ3) is 3.46. The number of benzene rings is 2. The summed E-state index contributed by atoms with van der Waals surface area (Å²) in [7, 11) is 1.46. The van der Waals surface area contributed by atoms with E-state index in [-0.39, 0.29) is 5.78 Å². The van der Waals surface area contributed by atoms with Gasteiger partial charge < -0.3 is 14.8 Å². The number of carbonyl (C=O) groups is 2. The lowest BCUT2D eigenvalue weighted by molar-refractivity contribution is -0.177. The van der Waals surface area contributed by atoms with Crippen molar-refractivity contribution in [2.75, 3.05) is 7.05 Å². The Morgan fingerprint density at radius 3 is 2.36 bits per heavy atom. The summed E-state index contributed by atoms with van der Waals surface area (Å²) in [5.74, 6) is -0.197. The fraction of sp³-hybridized carbons (Fsp3) is 0.200. The molecule has 1 N–H and O–H groups in total. The van der Waals surface area contributed by atoms with E-state index in [4.69, 9.17) is 9.47 Å². The average Bonchev–Trinajstić information content (AvgIpc) is 2.65. The molecule has 0 saturated heterocycles. The largest absolute Gasteiger partial charge is 0.416 e. The van der Waals surface area contributed by atoms with Gasteiger partial charge in [0.1, 0.15) is 0 Å². The quantitative estimate of drug-likeness (QED) is 0.932. The van der Waals surface area contributed by atoms with Gasteiger partial charge in [-0.3, -0.25) is 4.79 Å². The predicted octanol–water partition coefficient (Wildman–Crippen LogP) is 3.41. The third-order valence-corrected chi connectivity index (χ3v) is 4.20. The van der Waals surface area contributed by atoms with Gasteiger partial charge in [-0.15, -0.1) is 0 Å². The summed E-state index contributed by atoms with van der Waals surface area (Å²) < 4.78 is 10.9. The highest BCUT2D eigenvalue weighted by Gasteiger charge is 2.40. The van der Waals surface area contributed by atoms with Gasteiger partial charge in [0.15, 0.2) is 11.4 Å². The van der Waals surface area contributed by atoms with Crippen LogP contribution in [0.2, 0.25) is 0 Å². The van der Waals surface area contributed by atoms with E-state index in [1.807, 2.05) is 54.6 Å². The van der Waals surface area contributed by atoms with Gasteiger partial charge >= 0.3 is 6.09 Å². The highest BCUT2D eigenvalue weighted by molar-refractivity contribution is 5.98. The highest BCUT2D eigenvalue weighted by Crippen LogP contribution is 2.33. The Morgan fingerprint density at radius 2 is 1.72 bits per heavy atom. The first-order chi connectivity index (χ1) is 12.0. The number of hydrogen-bond acceptors (Lipinski definition) is 4. The monoisotopic (exact) mass is 337 g/mol. The molecular weight excluding hydrogens is 318 g/mol. The maximum Gasteiger partial charge on any atom is 0.409 e. The first kappa shape index (κ1) is 16.9. The van der Waals surface area contributed by atoms with Crippen LogP contribution >= 0.6 is 0 Å². The molecule has 0 radical (unpaired) electrons. The van der Waals surface area contributed by atoms with E-state index in [0.717, 1.165) is 11.1 Å². The predicted molar refractivity (Wildman–Crippen MR) is 93.8 cm³/mol.